The normalized spacial score (nSPS) is 23.9. The molecule has 0 saturated heterocycles. The third kappa shape index (κ3) is 3.08. The maximum atomic E-state index is 11.3. The Hall–Kier alpha value is -0.960. The summed E-state index contributed by atoms with van der Waals surface area (Å²) in [4.78, 5) is 12.5. The molecule has 1 aliphatic rings. The molecule has 2 nitrogen and oxygen atoms in total. The number of aliphatic carboxylic acids is 1. The van der Waals surface area contributed by atoms with Crippen molar-refractivity contribution >= 4 is 17.7 Å². The van der Waals surface area contributed by atoms with Crippen LogP contribution in [0.3, 0.4) is 0 Å². The van der Waals surface area contributed by atoms with Gasteiger partial charge in [-0.1, -0.05) is 18.9 Å². The predicted molar refractivity (Wildman–Crippen MR) is 75.2 cm³/mol. The van der Waals surface area contributed by atoms with Crippen LogP contribution in [0.5, 0.6) is 0 Å². The van der Waals surface area contributed by atoms with Crippen molar-refractivity contribution in [3.8, 4) is 0 Å². The third-order valence-corrected chi connectivity index (χ3v) is 5.18. The Morgan fingerprint density at radius 2 is 1.94 bits per heavy atom. The van der Waals surface area contributed by atoms with E-state index >= 15 is 0 Å². The van der Waals surface area contributed by atoms with Crippen molar-refractivity contribution in [2.24, 2.45) is 5.92 Å². The zero-order chi connectivity index (χ0) is 13.1. The number of hydrogen-bond acceptors (Lipinski definition) is 2. The molecule has 0 bridgehead atoms. The smallest absolute Gasteiger partial charge is 0.307 e. The zero-order valence-electron chi connectivity index (χ0n) is 11.0. The standard InChI is InChI=1S/C15H20O2S/c1-10-7-8-12(9-11(10)2)18-14-6-4-3-5-13(14)15(16)17/h7-9,13-14H,3-6H2,1-2H3,(H,16,17). The van der Waals surface area contributed by atoms with E-state index in [1.807, 2.05) is 0 Å². The molecule has 98 valence electrons. The van der Waals surface area contributed by atoms with Crippen molar-refractivity contribution in [2.45, 2.75) is 49.7 Å². The minimum atomic E-state index is -0.629. The van der Waals surface area contributed by atoms with Gasteiger partial charge in [-0.2, -0.15) is 0 Å². The van der Waals surface area contributed by atoms with E-state index in [1.165, 1.54) is 16.0 Å². The number of hydrogen-bond donors (Lipinski definition) is 1. The Bertz CT molecular complexity index is 442. The van der Waals surface area contributed by atoms with Crippen LogP contribution in [0.4, 0.5) is 0 Å². The van der Waals surface area contributed by atoms with E-state index in [2.05, 4.69) is 32.0 Å². The monoisotopic (exact) mass is 264 g/mol. The van der Waals surface area contributed by atoms with Gasteiger partial charge in [0.05, 0.1) is 5.92 Å². The zero-order valence-corrected chi connectivity index (χ0v) is 11.8. The summed E-state index contributed by atoms with van der Waals surface area (Å²) in [6, 6.07) is 6.41. The number of carboxylic acids is 1. The van der Waals surface area contributed by atoms with Crippen molar-refractivity contribution in [3.63, 3.8) is 0 Å². The van der Waals surface area contributed by atoms with Gasteiger partial charge in [0.15, 0.2) is 0 Å². The van der Waals surface area contributed by atoms with Crippen LogP contribution < -0.4 is 0 Å². The lowest BCUT2D eigenvalue weighted by molar-refractivity contribution is -0.142. The number of carbonyl (C=O) groups is 1. The lowest BCUT2D eigenvalue weighted by atomic mass is 9.89. The third-order valence-electron chi connectivity index (χ3n) is 3.79. The number of thioether (sulfide) groups is 1. The van der Waals surface area contributed by atoms with Crippen LogP contribution in [0.2, 0.25) is 0 Å². The maximum Gasteiger partial charge on any atom is 0.307 e. The number of carboxylic acid groups (broad SMARTS) is 1. The quantitative estimate of drug-likeness (QED) is 0.895. The Kier molecular flexibility index (Phi) is 4.33. The molecule has 1 aromatic carbocycles. The molecule has 2 atom stereocenters. The van der Waals surface area contributed by atoms with Gasteiger partial charge in [0, 0.05) is 10.1 Å². The molecular weight excluding hydrogens is 244 g/mol. The first kappa shape index (κ1) is 13.5. The molecular formula is C15H20O2S. The summed E-state index contributed by atoms with van der Waals surface area (Å²) in [5.74, 6) is -0.804. The van der Waals surface area contributed by atoms with Crippen LogP contribution in [-0.2, 0) is 4.79 Å². The summed E-state index contributed by atoms with van der Waals surface area (Å²) >= 11 is 1.74. The molecule has 1 saturated carbocycles. The van der Waals surface area contributed by atoms with Crippen LogP contribution in [0.25, 0.3) is 0 Å². The molecule has 0 radical (unpaired) electrons. The lowest BCUT2D eigenvalue weighted by Crippen LogP contribution is -2.28. The second kappa shape index (κ2) is 5.79. The minimum Gasteiger partial charge on any atom is -0.481 e. The van der Waals surface area contributed by atoms with Gasteiger partial charge in [-0.05, 0) is 49.9 Å². The highest BCUT2D eigenvalue weighted by Crippen LogP contribution is 2.38. The van der Waals surface area contributed by atoms with E-state index in [0.29, 0.717) is 0 Å². The summed E-state index contributed by atoms with van der Waals surface area (Å²) in [6.45, 7) is 4.21. The molecule has 0 aromatic heterocycles. The first-order chi connectivity index (χ1) is 8.58. The highest BCUT2D eigenvalue weighted by atomic mass is 32.2. The fourth-order valence-corrected chi connectivity index (χ4v) is 3.92. The molecule has 0 heterocycles. The van der Waals surface area contributed by atoms with E-state index in [4.69, 9.17) is 0 Å². The van der Waals surface area contributed by atoms with Gasteiger partial charge in [0.25, 0.3) is 0 Å². The van der Waals surface area contributed by atoms with Gasteiger partial charge in [-0.3, -0.25) is 4.79 Å². The first-order valence-corrected chi connectivity index (χ1v) is 7.42. The SMILES string of the molecule is Cc1ccc(SC2CCCCC2C(=O)O)cc1C. The molecule has 2 unspecified atom stereocenters. The van der Waals surface area contributed by atoms with E-state index in [1.54, 1.807) is 11.8 Å². The van der Waals surface area contributed by atoms with Crippen LogP contribution >= 0.6 is 11.8 Å². The molecule has 1 aromatic rings. The fraction of sp³-hybridized carbons (Fsp3) is 0.533. The summed E-state index contributed by atoms with van der Waals surface area (Å²) in [7, 11) is 0. The number of benzene rings is 1. The van der Waals surface area contributed by atoms with E-state index in [-0.39, 0.29) is 11.2 Å². The fourth-order valence-electron chi connectivity index (χ4n) is 2.48. The topological polar surface area (TPSA) is 37.3 Å². The average Bonchev–Trinajstić information content (AvgIpc) is 2.34. The Labute approximate surface area is 113 Å². The van der Waals surface area contributed by atoms with Gasteiger partial charge in [0.1, 0.15) is 0 Å². The number of rotatable bonds is 3. The van der Waals surface area contributed by atoms with Gasteiger partial charge in [0.2, 0.25) is 0 Å². The van der Waals surface area contributed by atoms with Crippen LogP contribution in [0, 0.1) is 19.8 Å². The van der Waals surface area contributed by atoms with Gasteiger partial charge in [-0.25, -0.2) is 0 Å². The molecule has 1 fully saturated rings. The molecule has 1 aliphatic carbocycles. The Morgan fingerprint density at radius 3 is 2.61 bits per heavy atom. The van der Waals surface area contributed by atoms with Crippen LogP contribution in [0.15, 0.2) is 23.1 Å². The maximum absolute atomic E-state index is 11.3. The second-order valence-electron chi connectivity index (χ2n) is 5.13. The van der Waals surface area contributed by atoms with Crippen molar-refractivity contribution in [1.29, 1.82) is 0 Å². The Balaban J connectivity index is 2.10. The van der Waals surface area contributed by atoms with E-state index in [0.717, 1.165) is 25.7 Å². The molecule has 1 N–H and O–H groups in total. The largest absolute Gasteiger partial charge is 0.481 e. The van der Waals surface area contributed by atoms with Crippen molar-refractivity contribution < 1.29 is 9.90 Å². The van der Waals surface area contributed by atoms with Crippen molar-refractivity contribution in [2.75, 3.05) is 0 Å². The molecule has 3 heteroatoms. The van der Waals surface area contributed by atoms with Crippen LogP contribution in [-0.4, -0.2) is 16.3 Å². The molecule has 0 amide bonds. The highest BCUT2D eigenvalue weighted by Gasteiger charge is 2.31. The first-order valence-electron chi connectivity index (χ1n) is 6.54. The summed E-state index contributed by atoms with van der Waals surface area (Å²) in [5, 5.41) is 9.51. The summed E-state index contributed by atoms with van der Waals surface area (Å²) < 4.78 is 0. The molecule has 18 heavy (non-hydrogen) atoms. The van der Waals surface area contributed by atoms with E-state index < -0.39 is 5.97 Å². The predicted octanol–water partition coefficient (Wildman–Crippen LogP) is 4.04. The van der Waals surface area contributed by atoms with Gasteiger partial charge < -0.3 is 5.11 Å². The van der Waals surface area contributed by atoms with Crippen molar-refractivity contribution in [3.05, 3.63) is 29.3 Å². The minimum absolute atomic E-state index is 0.176. The lowest BCUT2D eigenvalue weighted by Gasteiger charge is -2.28. The van der Waals surface area contributed by atoms with Crippen molar-refractivity contribution in [1.82, 2.24) is 0 Å². The average molecular weight is 264 g/mol. The highest BCUT2D eigenvalue weighted by molar-refractivity contribution is 8.00. The van der Waals surface area contributed by atoms with Gasteiger partial charge >= 0.3 is 5.97 Å². The van der Waals surface area contributed by atoms with Gasteiger partial charge in [-0.15, -0.1) is 11.8 Å². The molecule has 0 aliphatic heterocycles. The number of aryl methyl sites for hydroxylation is 2. The van der Waals surface area contributed by atoms with E-state index in [9.17, 15) is 9.90 Å². The Morgan fingerprint density at radius 1 is 1.22 bits per heavy atom. The second-order valence-corrected chi connectivity index (χ2v) is 6.44. The molecule has 2 rings (SSSR count). The summed E-state index contributed by atoms with van der Waals surface area (Å²) in [6.07, 6.45) is 4.07. The van der Waals surface area contributed by atoms with Crippen LogP contribution in [0.1, 0.15) is 36.8 Å². The molecule has 0 spiro atoms. The summed E-state index contributed by atoms with van der Waals surface area (Å²) in [5.41, 5.74) is 2.57.